The molecule has 280 valence electrons. The molecule has 17 nitrogen and oxygen atoms in total. The van der Waals surface area contributed by atoms with Gasteiger partial charge in [-0.1, -0.05) is 0 Å². The third-order valence-electron chi connectivity index (χ3n) is 6.97. The summed E-state index contributed by atoms with van der Waals surface area (Å²) in [5.74, 6) is 0. The normalized spacial score (nSPS) is 40.0. The number of ether oxygens (including phenoxy) is 4. The predicted molar refractivity (Wildman–Crippen MR) is 198 cm³/mol. The Kier molecular flexibility index (Phi) is 27.8. The van der Waals surface area contributed by atoms with Crippen molar-refractivity contribution in [1.29, 1.82) is 0 Å². The molecule has 4 N–H and O–H groups in total. The van der Waals surface area contributed by atoms with Crippen molar-refractivity contribution < 1.29 is 80.1 Å². The minimum atomic E-state index is -1.41. The Hall–Kier alpha value is 2.77. The van der Waals surface area contributed by atoms with Gasteiger partial charge in [0.2, 0.25) is 0 Å². The molecule has 23 unspecified atom stereocenters. The molecule has 0 aromatic rings. The number of hydrogen-bond acceptors (Lipinski definition) is 17. The van der Waals surface area contributed by atoms with E-state index >= 15 is 0 Å². The lowest BCUT2D eigenvalue weighted by molar-refractivity contribution is -0.252. The van der Waals surface area contributed by atoms with Gasteiger partial charge >= 0.3 is 0 Å². The van der Waals surface area contributed by atoms with Crippen molar-refractivity contribution >= 4 is 85.2 Å². The van der Waals surface area contributed by atoms with E-state index in [9.17, 15) is 0 Å². The highest BCUT2D eigenvalue weighted by atomic mass is 31.0. The lowest BCUT2D eigenvalue weighted by Gasteiger charge is -2.39. The van der Waals surface area contributed by atoms with Gasteiger partial charge in [-0.3, -0.25) is 0 Å². The van der Waals surface area contributed by atoms with Crippen LogP contribution in [-0.2, 0) is 59.7 Å². The minimum absolute atomic E-state index is 0.0134. The van der Waals surface area contributed by atoms with Crippen LogP contribution >= 0.6 is 85.2 Å². The fourth-order valence-corrected chi connectivity index (χ4v) is 6.73. The maximum atomic E-state index is 8.88. The molecule has 23 atom stereocenters. The number of rotatable bonds is 9. The van der Waals surface area contributed by atoms with Gasteiger partial charge in [0.25, 0.3) is 0 Å². The second-order valence-corrected chi connectivity index (χ2v) is 12.3. The van der Waals surface area contributed by atoms with Crippen molar-refractivity contribution in [2.24, 2.45) is 0 Å². The van der Waals surface area contributed by atoms with Gasteiger partial charge in [-0.15, -0.1) is 0 Å². The fraction of sp³-hybridized carbons (Fsp3) is 0.905. The Bertz CT molecular complexity index is 803. The lowest BCUT2D eigenvalue weighted by Crippen LogP contribution is -2.53. The summed E-state index contributed by atoms with van der Waals surface area (Å²) >= 11 is 0. The van der Waals surface area contributed by atoms with Crippen LogP contribution in [0.15, 0.2) is 12.3 Å². The molecular weight excluding hydrogens is 803 g/mol. The maximum Gasteiger partial charge on any atom is 0.189 e. The Morgan fingerprint density at radius 1 is 0.532 bits per heavy atom. The summed E-state index contributed by atoms with van der Waals surface area (Å²) in [7, 11) is 19.8. The summed E-state index contributed by atoms with van der Waals surface area (Å²) < 4.78 is 66.3. The van der Waals surface area contributed by atoms with Crippen LogP contribution < -0.4 is 0 Å². The Morgan fingerprint density at radius 3 is 1.51 bits per heavy atom. The highest BCUT2D eigenvalue weighted by molar-refractivity contribution is 7.11. The highest BCUT2D eigenvalue weighted by Crippen LogP contribution is 2.29. The smallest absolute Gasteiger partial charge is 0.189 e. The van der Waals surface area contributed by atoms with Crippen LogP contribution in [0.1, 0.15) is 6.92 Å². The molecule has 0 aliphatic carbocycles. The first-order chi connectivity index (χ1) is 22.5. The zero-order chi connectivity index (χ0) is 35.5. The van der Waals surface area contributed by atoms with Gasteiger partial charge in [-0.2, -0.15) is 0 Å². The van der Waals surface area contributed by atoms with E-state index in [2.05, 4.69) is 89.9 Å². The minimum Gasteiger partial charge on any atom is -0.499 e. The average molecular weight is 852 g/mol. The van der Waals surface area contributed by atoms with Crippen molar-refractivity contribution in [3.8, 4) is 0 Å². The standard InChI is InChI=1S/C6H15O4P3.C5H14O5P4.C5H10O5.C5H10O3P2/c1-3-5(9-12)6(10-13)4(8-11)2-7-3;11-7-2-1-6-5(10-14)4(9-13)3(2)8-12;6-2-1-10-5(9)4(8)3(2)7;9-7-4-1-2-6-3-5(4)8-10/h3-6H,2,11-13H2,1H3;2-5H,1,11-14H2;2-9H,1H2;1-2,4-5H,3,9-10H2. The summed E-state index contributed by atoms with van der Waals surface area (Å²) in [6.45, 7) is 3.25. The molecule has 0 spiro atoms. The quantitative estimate of drug-likeness (QED) is 0.224. The summed E-state index contributed by atoms with van der Waals surface area (Å²) in [6.07, 6.45) is -3.45. The molecule has 0 radical (unpaired) electrons. The van der Waals surface area contributed by atoms with Gasteiger partial charge in [-0.25, -0.2) is 0 Å². The van der Waals surface area contributed by atoms with Gasteiger partial charge in [0.05, 0.1) is 32.2 Å². The number of aliphatic hydroxyl groups is 4. The monoisotopic (exact) mass is 852 g/mol. The van der Waals surface area contributed by atoms with Crippen LogP contribution in [0.25, 0.3) is 0 Å². The van der Waals surface area contributed by atoms with E-state index in [-0.39, 0.29) is 61.5 Å². The van der Waals surface area contributed by atoms with Gasteiger partial charge in [0.1, 0.15) is 73.8 Å². The molecule has 4 aliphatic heterocycles. The molecular formula is C21H49O17P9. The molecule has 4 heterocycles. The topological polar surface area (TPSA) is 201 Å². The molecule has 0 aromatic carbocycles. The summed E-state index contributed by atoms with van der Waals surface area (Å²) in [4.78, 5) is 0. The Morgan fingerprint density at radius 2 is 1.06 bits per heavy atom. The third-order valence-corrected chi connectivity index (χ3v) is 9.86. The Balaban J connectivity index is 0.000000317. The lowest BCUT2D eigenvalue weighted by atomic mass is 10.0. The van der Waals surface area contributed by atoms with E-state index in [1.807, 2.05) is 13.0 Å². The highest BCUT2D eigenvalue weighted by Gasteiger charge is 2.42. The molecule has 4 aliphatic rings. The van der Waals surface area contributed by atoms with Crippen LogP contribution in [0.3, 0.4) is 0 Å². The van der Waals surface area contributed by atoms with E-state index < -0.39 is 30.9 Å². The van der Waals surface area contributed by atoms with Crippen molar-refractivity contribution in [3.63, 3.8) is 0 Å². The van der Waals surface area contributed by atoms with Crippen LogP contribution in [0, 0.1) is 0 Å². The van der Waals surface area contributed by atoms with Crippen LogP contribution in [-0.4, -0.2) is 133 Å². The first-order valence-corrected chi connectivity index (χ1v) is 17.8. The maximum absolute atomic E-state index is 8.88. The Labute approximate surface area is 296 Å². The van der Waals surface area contributed by atoms with Crippen LogP contribution in [0.5, 0.6) is 0 Å². The average Bonchev–Trinajstić information content (AvgIpc) is 3.11. The van der Waals surface area contributed by atoms with E-state index in [1.54, 1.807) is 6.26 Å². The van der Waals surface area contributed by atoms with Crippen molar-refractivity contribution in [1.82, 2.24) is 0 Å². The fourth-order valence-electron chi connectivity index (χ4n) is 4.21. The van der Waals surface area contributed by atoms with Gasteiger partial charge in [0, 0.05) is 85.2 Å². The predicted octanol–water partition coefficient (Wildman–Crippen LogP) is -0.0951. The zero-order valence-electron chi connectivity index (χ0n) is 25.4. The molecule has 47 heavy (non-hydrogen) atoms. The van der Waals surface area contributed by atoms with E-state index in [0.29, 0.717) is 19.8 Å². The van der Waals surface area contributed by atoms with Crippen molar-refractivity contribution in [2.75, 3.05) is 26.4 Å². The van der Waals surface area contributed by atoms with Gasteiger partial charge in [0.15, 0.2) is 12.6 Å². The summed E-state index contributed by atoms with van der Waals surface area (Å²) in [6, 6.07) is 0. The van der Waals surface area contributed by atoms with Crippen LogP contribution in [0.4, 0.5) is 0 Å². The van der Waals surface area contributed by atoms with E-state index in [1.165, 1.54) is 0 Å². The van der Waals surface area contributed by atoms with Crippen LogP contribution in [0.2, 0.25) is 0 Å². The SMILES string of the molecule is CC1OCC(OP)C(OP)C1OP.OC1COC(O)C(O)C1O.POC1C=COCC1OP.POC1COC(OP)C(OP)C1OP. The second-order valence-electron chi connectivity index (χ2n) is 9.84. The second kappa shape index (κ2) is 27.4. The van der Waals surface area contributed by atoms with E-state index in [4.69, 9.17) is 75.4 Å². The molecule has 26 heteroatoms. The summed E-state index contributed by atoms with van der Waals surface area (Å²) in [5, 5.41) is 35.3. The number of aliphatic hydroxyl groups excluding tert-OH is 4. The largest absolute Gasteiger partial charge is 0.499 e. The molecule has 0 aromatic heterocycles. The molecule has 0 amide bonds. The molecule has 3 fully saturated rings. The molecule has 3 saturated heterocycles. The van der Waals surface area contributed by atoms with E-state index in [0.717, 1.165) is 0 Å². The summed E-state index contributed by atoms with van der Waals surface area (Å²) in [5.41, 5.74) is 0. The molecule has 4 rings (SSSR count). The first kappa shape index (κ1) is 47.8. The molecule has 0 saturated carbocycles. The van der Waals surface area contributed by atoms with Gasteiger partial charge in [-0.05, 0) is 13.0 Å². The number of hydrogen-bond donors (Lipinski definition) is 4. The first-order valence-electron chi connectivity index (χ1n) is 13.6. The van der Waals surface area contributed by atoms with Crippen molar-refractivity contribution in [3.05, 3.63) is 12.3 Å². The zero-order valence-corrected chi connectivity index (χ0v) is 35.8. The van der Waals surface area contributed by atoms with Gasteiger partial charge < -0.3 is 80.1 Å². The van der Waals surface area contributed by atoms with Crippen molar-refractivity contribution in [2.45, 2.75) is 92.8 Å². The third kappa shape index (κ3) is 15.6. The molecule has 0 bridgehead atoms.